The van der Waals surface area contributed by atoms with Crippen LogP contribution in [-0.2, 0) is 9.53 Å². The van der Waals surface area contributed by atoms with Crippen molar-refractivity contribution in [1.82, 2.24) is 0 Å². The number of carbonyl (C=O) groups excluding carboxylic acids is 2. The number of benzene rings is 2. The molecule has 0 spiro atoms. The molecule has 2 aromatic rings. The highest BCUT2D eigenvalue weighted by Gasteiger charge is 2.07. The van der Waals surface area contributed by atoms with E-state index in [0.29, 0.717) is 11.4 Å². The van der Waals surface area contributed by atoms with Gasteiger partial charge in [-0.3, -0.25) is 10.1 Å². The van der Waals surface area contributed by atoms with Gasteiger partial charge in [0, 0.05) is 21.9 Å². The van der Waals surface area contributed by atoms with E-state index in [0.717, 1.165) is 15.7 Å². The molecule has 7 heteroatoms. The Morgan fingerprint density at radius 1 is 1.12 bits per heavy atom. The van der Waals surface area contributed by atoms with Gasteiger partial charge in [0.25, 0.3) is 5.91 Å². The van der Waals surface area contributed by atoms with Gasteiger partial charge in [0.1, 0.15) is 5.75 Å². The molecule has 0 aliphatic rings. The molecule has 25 heavy (non-hydrogen) atoms. The summed E-state index contributed by atoms with van der Waals surface area (Å²) in [4.78, 5) is 23.4. The topological polar surface area (TPSA) is 76.7 Å². The first-order valence-corrected chi connectivity index (χ1v) is 8.50. The summed E-state index contributed by atoms with van der Waals surface area (Å²) < 4.78 is 11.2. The van der Waals surface area contributed by atoms with Gasteiger partial charge in [-0.1, -0.05) is 22.0 Å². The number of amides is 2. The Balaban J connectivity index is 1.90. The molecular formula is C18H19BrN2O4. The second kappa shape index (κ2) is 9.08. The quantitative estimate of drug-likeness (QED) is 0.747. The summed E-state index contributed by atoms with van der Waals surface area (Å²) in [6.07, 6.45) is -0.539. The van der Waals surface area contributed by atoms with E-state index in [4.69, 9.17) is 9.47 Å². The summed E-state index contributed by atoms with van der Waals surface area (Å²) in [6.45, 7) is 3.78. The number of hydrogen-bond acceptors (Lipinski definition) is 4. The van der Waals surface area contributed by atoms with Crippen LogP contribution in [0.15, 0.2) is 46.9 Å². The largest absolute Gasteiger partial charge is 0.484 e. The molecule has 0 unspecified atom stereocenters. The Hall–Kier alpha value is -2.54. The average molecular weight is 407 g/mol. The van der Waals surface area contributed by atoms with E-state index < -0.39 is 6.09 Å². The fourth-order valence-corrected chi connectivity index (χ4v) is 2.53. The summed E-state index contributed by atoms with van der Waals surface area (Å²) in [5, 5.41) is 5.37. The molecule has 0 bridgehead atoms. The third kappa shape index (κ3) is 6.11. The summed E-state index contributed by atoms with van der Waals surface area (Å²) in [7, 11) is 0. The molecule has 0 aromatic heterocycles. The van der Waals surface area contributed by atoms with Crippen LogP contribution in [0, 0.1) is 6.92 Å². The van der Waals surface area contributed by atoms with Crippen molar-refractivity contribution in [3.63, 3.8) is 0 Å². The summed E-state index contributed by atoms with van der Waals surface area (Å²) in [5.74, 6) is 0.200. The molecular weight excluding hydrogens is 388 g/mol. The standard InChI is InChI=1S/C18H19BrN2O4/c1-3-24-18(23)20-14-5-4-6-15(10-14)25-11-17(22)21-16-8-7-13(19)9-12(16)2/h4-10H,3,11H2,1-2H3,(H,20,23)(H,21,22). The minimum Gasteiger partial charge on any atom is -0.484 e. The van der Waals surface area contributed by atoms with Crippen LogP contribution in [0.3, 0.4) is 0 Å². The number of hydrogen-bond donors (Lipinski definition) is 2. The Bertz CT molecular complexity index is 764. The van der Waals surface area contributed by atoms with Crippen molar-refractivity contribution in [2.75, 3.05) is 23.8 Å². The highest BCUT2D eigenvalue weighted by atomic mass is 79.9. The first-order valence-electron chi connectivity index (χ1n) is 7.70. The molecule has 0 heterocycles. The molecule has 6 nitrogen and oxygen atoms in total. The van der Waals surface area contributed by atoms with Crippen LogP contribution in [0.2, 0.25) is 0 Å². The van der Waals surface area contributed by atoms with Crippen LogP contribution < -0.4 is 15.4 Å². The number of halogens is 1. The van der Waals surface area contributed by atoms with E-state index in [2.05, 4.69) is 26.6 Å². The first kappa shape index (κ1) is 18.8. The van der Waals surface area contributed by atoms with Crippen molar-refractivity contribution in [3.05, 3.63) is 52.5 Å². The minimum absolute atomic E-state index is 0.141. The number of carbonyl (C=O) groups is 2. The van der Waals surface area contributed by atoms with E-state index in [1.54, 1.807) is 31.2 Å². The molecule has 132 valence electrons. The van der Waals surface area contributed by atoms with Crippen LogP contribution in [0.1, 0.15) is 12.5 Å². The molecule has 0 aliphatic carbocycles. The Morgan fingerprint density at radius 3 is 2.64 bits per heavy atom. The average Bonchev–Trinajstić information content (AvgIpc) is 2.56. The molecule has 0 radical (unpaired) electrons. The molecule has 0 saturated heterocycles. The molecule has 2 rings (SSSR count). The van der Waals surface area contributed by atoms with E-state index in [1.807, 2.05) is 25.1 Å². The van der Waals surface area contributed by atoms with Crippen LogP contribution >= 0.6 is 15.9 Å². The molecule has 0 fully saturated rings. The van der Waals surface area contributed by atoms with Gasteiger partial charge in [-0.05, 0) is 49.7 Å². The molecule has 2 N–H and O–H groups in total. The molecule has 2 amide bonds. The lowest BCUT2D eigenvalue weighted by molar-refractivity contribution is -0.118. The molecule has 0 atom stereocenters. The van der Waals surface area contributed by atoms with Crippen molar-refractivity contribution in [3.8, 4) is 5.75 Å². The van der Waals surface area contributed by atoms with Gasteiger partial charge in [-0.25, -0.2) is 4.79 Å². The lowest BCUT2D eigenvalue weighted by Gasteiger charge is -2.11. The van der Waals surface area contributed by atoms with E-state index in [-0.39, 0.29) is 19.1 Å². The lowest BCUT2D eigenvalue weighted by atomic mass is 10.2. The van der Waals surface area contributed by atoms with Crippen LogP contribution in [0.4, 0.5) is 16.2 Å². The minimum atomic E-state index is -0.539. The SMILES string of the molecule is CCOC(=O)Nc1cccc(OCC(=O)Nc2ccc(Br)cc2C)c1. The first-order chi connectivity index (χ1) is 12.0. The Kier molecular flexibility index (Phi) is 6.82. The zero-order valence-corrected chi connectivity index (χ0v) is 15.6. The number of nitrogens with one attached hydrogen (secondary N) is 2. The number of aryl methyl sites for hydroxylation is 1. The molecule has 0 saturated carbocycles. The van der Waals surface area contributed by atoms with Crippen LogP contribution in [0.5, 0.6) is 5.75 Å². The predicted molar refractivity (Wildman–Crippen MR) is 100 cm³/mol. The monoisotopic (exact) mass is 406 g/mol. The smallest absolute Gasteiger partial charge is 0.411 e. The van der Waals surface area contributed by atoms with Crippen molar-refractivity contribution in [2.24, 2.45) is 0 Å². The number of rotatable bonds is 6. The van der Waals surface area contributed by atoms with Crippen molar-refractivity contribution in [1.29, 1.82) is 0 Å². The van der Waals surface area contributed by atoms with Gasteiger partial charge in [-0.2, -0.15) is 0 Å². The zero-order chi connectivity index (χ0) is 18.2. The van der Waals surface area contributed by atoms with Crippen molar-refractivity contribution < 1.29 is 19.1 Å². The van der Waals surface area contributed by atoms with Gasteiger partial charge in [-0.15, -0.1) is 0 Å². The van der Waals surface area contributed by atoms with Gasteiger partial charge in [0.15, 0.2) is 6.61 Å². The second-order valence-corrected chi connectivity index (χ2v) is 6.09. The van der Waals surface area contributed by atoms with Crippen LogP contribution in [0.25, 0.3) is 0 Å². The number of ether oxygens (including phenoxy) is 2. The summed E-state index contributed by atoms with van der Waals surface area (Å²) in [5.41, 5.74) is 2.21. The van der Waals surface area contributed by atoms with Crippen molar-refractivity contribution in [2.45, 2.75) is 13.8 Å². The van der Waals surface area contributed by atoms with E-state index in [9.17, 15) is 9.59 Å². The zero-order valence-electron chi connectivity index (χ0n) is 14.0. The third-order valence-corrected chi connectivity index (χ3v) is 3.68. The lowest BCUT2D eigenvalue weighted by Crippen LogP contribution is -2.20. The van der Waals surface area contributed by atoms with Gasteiger partial charge in [0.2, 0.25) is 0 Å². The highest BCUT2D eigenvalue weighted by Crippen LogP contribution is 2.20. The second-order valence-electron chi connectivity index (χ2n) is 5.17. The third-order valence-electron chi connectivity index (χ3n) is 3.19. The van der Waals surface area contributed by atoms with Crippen molar-refractivity contribution >= 4 is 39.3 Å². The summed E-state index contributed by atoms with van der Waals surface area (Å²) in [6, 6.07) is 12.3. The van der Waals surface area contributed by atoms with Crippen LogP contribution in [-0.4, -0.2) is 25.2 Å². The van der Waals surface area contributed by atoms with E-state index >= 15 is 0 Å². The number of anilines is 2. The molecule has 0 aliphatic heterocycles. The predicted octanol–water partition coefficient (Wildman–Crippen LogP) is 4.34. The van der Waals surface area contributed by atoms with Gasteiger partial charge < -0.3 is 14.8 Å². The fraction of sp³-hybridized carbons (Fsp3) is 0.222. The fourth-order valence-electron chi connectivity index (χ4n) is 2.05. The molecule has 2 aromatic carbocycles. The van der Waals surface area contributed by atoms with E-state index in [1.165, 1.54) is 0 Å². The maximum absolute atomic E-state index is 12.0. The van der Waals surface area contributed by atoms with Gasteiger partial charge in [0.05, 0.1) is 6.61 Å². The normalized spacial score (nSPS) is 10.0. The maximum atomic E-state index is 12.0. The Labute approximate surface area is 154 Å². The maximum Gasteiger partial charge on any atom is 0.411 e. The summed E-state index contributed by atoms with van der Waals surface area (Å²) >= 11 is 3.38. The highest BCUT2D eigenvalue weighted by molar-refractivity contribution is 9.10. The van der Waals surface area contributed by atoms with Gasteiger partial charge >= 0.3 is 6.09 Å². The Morgan fingerprint density at radius 2 is 1.92 bits per heavy atom.